The molecule has 1 heterocycles. The van der Waals surface area contributed by atoms with Crippen LogP contribution in [-0.4, -0.2) is 25.0 Å². The summed E-state index contributed by atoms with van der Waals surface area (Å²) in [5, 5.41) is 6.52. The van der Waals surface area contributed by atoms with Gasteiger partial charge in [0.15, 0.2) is 0 Å². The predicted molar refractivity (Wildman–Crippen MR) is 67.3 cm³/mol. The third kappa shape index (κ3) is 4.52. The monoisotopic (exact) mass is 226 g/mol. The number of piperidine rings is 1. The molecule has 0 unspecified atom stereocenters. The first-order valence-corrected chi connectivity index (χ1v) is 6.79. The molecular weight excluding hydrogens is 200 g/mol. The summed E-state index contributed by atoms with van der Waals surface area (Å²) in [6.07, 6.45) is 6.56. The lowest BCUT2D eigenvalue weighted by Crippen LogP contribution is -2.47. The number of rotatable bonds is 6. The Labute approximate surface area is 99.4 Å². The smallest absolute Gasteiger partial charge is 0.223 e. The van der Waals surface area contributed by atoms with Gasteiger partial charge >= 0.3 is 0 Å². The molecule has 0 spiro atoms. The number of hydrogen-bond donors (Lipinski definition) is 2. The minimum absolute atomic E-state index is 0.233. The van der Waals surface area contributed by atoms with Crippen molar-refractivity contribution in [3.8, 4) is 0 Å². The fourth-order valence-corrected chi connectivity index (χ4v) is 2.40. The molecule has 0 radical (unpaired) electrons. The van der Waals surface area contributed by atoms with Crippen LogP contribution < -0.4 is 10.6 Å². The Morgan fingerprint density at radius 2 is 2.06 bits per heavy atom. The van der Waals surface area contributed by atoms with Crippen molar-refractivity contribution < 1.29 is 4.79 Å². The summed E-state index contributed by atoms with van der Waals surface area (Å²) < 4.78 is 0. The fourth-order valence-electron chi connectivity index (χ4n) is 2.40. The van der Waals surface area contributed by atoms with Crippen molar-refractivity contribution in [2.75, 3.05) is 13.1 Å². The summed E-state index contributed by atoms with van der Waals surface area (Å²) in [6.45, 7) is 6.34. The molecule has 3 nitrogen and oxygen atoms in total. The number of carbonyl (C=O) groups is 1. The van der Waals surface area contributed by atoms with Gasteiger partial charge in [-0.15, -0.1) is 0 Å². The van der Waals surface area contributed by atoms with Gasteiger partial charge in [-0.2, -0.15) is 0 Å². The van der Waals surface area contributed by atoms with Gasteiger partial charge in [-0.1, -0.05) is 26.7 Å². The van der Waals surface area contributed by atoms with Crippen molar-refractivity contribution in [2.45, 2.75) is 58.4 Å². The third-order valence-electron chi connectivity index (χ3n) is 3.29. The SMILES string of the molecule is CCCC(CCC)C(=O)N[C@H]1CCCNC1. The van der Waals surface area contributed by atoms with E-state index < -0.39 is 0 Å². The highest BCUT2D eigenvalue weighted by Gasteiger charge is 2.21. The summed E-state index contributed by atoms with van der Waals surface area (Å²) >= 11 is 0. The molecule has 1 saturated heterocycles. The second-order valence-corrected chi connectivity index (χ2v) is 4.83. The van der Waals surface area contributed by atoms with Crippen LogP contribution in [0.15, 0.2) is 0 Å². The summed E-state index contributed by atoms with van der Waals surface area (Å²) in [6, 6.07) is 0.359. The summed E-state index contributed by atoms with van der Waals surface area (Å²) in [5.74, 6) is 0.509. The molecule has 0 saturated carbocycles. The molecule has 94 valence electrons. The van der Waals surface area contributed by atoms with Gasteiger partial charge in [-0.25, -0.2) is 0 Å². The Hall–Kier alpha value is -0.570. The van der Waals surface area contributed by atoms with E-state index in [1.807, 2.05) is 0 Å². The average molecular weight is 226 g/mol. The number of nitrogens with one attached hydrogen (secondary N) is 2. The lowest BCUT2D eigenvalue weighted by atomic mass is 9.96. The second-order valence-electron chi connectivity index (χ2n) is 4.83. The van der Waals surface area contributed by atoms with E-state index in [0.29, 0.717) is 6.04 Å². The summed E-state index contributed by atoms with van der Waals surface area (Å²) in [5.41, 5.74) is 0. The van der Waals surface area contributed by atoms with Gasteiger partial charge in [0.2, 0.25) is 5.91 Å². The van der Waals surface area contributed by atoms with E-state index >= 15 is 0 Å². The van der Waals surface area contributed by atoms with Gasteiger partial charge < -0.3 is 10.6 Å². The van der Waals surface area contributed by atoms with Crippen LogP contribution >= 0.6 is 0 Å². The zero-order chi connectivity index (χ0) is 11.8. The Kier molecular flexibility index (Phi) is 6.46. The van der Waals surface area contributed by atoms with Crippen LogP contribution in [0.4, 0.5) is 0 Å². The largest absolute Gasteiger partial charge is 0.352 e. The topological polar surface area (TPSA) is 41.1 Å². The number of hydrogen-bond acceptors (Lipinski definition) is 2. The molecule has 2 N–H and O–H groups in total. The van der Waals surface area contributed by atoms with E-state index in [2.05, 4.69) is 24.5 Å². The zero-order valence-electron chi connectivity index (χ0n) is 10.7. The van der Waals surface area contributed by atoms with E-state index in [4.69, 9.17) is 0 Å². The number of amides is 1. The standard InChI is InChI=1S/C13H26N2O/c1-3-6-11(7-4-2)13(16)15-12-8-5-9-14-10-12/h11-12,14H,3-10H2,1-2H3,(H,15,16)/t12-/m0/s1. The molecule has 1 atom stereocenters. The zero-order valence-corrected chi connectivity index (χ0v) is 10.7. The molecule has 1 fully saturated rings. The molecule has 0 aromatic heterocycles. The minimum Gasteiger partial charge on any atom is -0.352 e. The maximum atomic E-state index is 12.1. The van der Waals surface area contributed by atoms with Crippen molar-refractivity contribution in [3.63, 3.8) is 0 Å². The molecule has 3 heteroatoms. The highest BCUT2D eigenvalue weighted by molar-refractivity contribution is 5.78. The van der Waals surface area contributed by atoms with Crippen LogP contribution in [-0.2, 0) is 4.79 Å². The second kappa shape index (κ2) is 7.66. The number of carbonyl (C=O) groups excluding carboxylic acids is 1. The molecule has 1 rings (SSSR count). The highest BCUT2D eigenvalue weighted by atomic mass is 16.1. The molecule has 1 amide bonds. The van der Waals surface area contributed by atoms with Crippen LogP contribution in [0.3, 0.4) is 0 Å². The van der Waals surface area contributed by atoms with Crippen LogP contribution in [0.1, 0.15) is 52.4 Å². The Balaban J connectivity index is 2.34. The van der Waals surface area contributed by atoms with Gasteiger partial charge in [-0.3, -0.25) is 4.79 Å². The van der Waals surface area contributed by atoms with E-state index in [-0.39, 0.29) is 11.8 Å². The summed E-state index contributed by atoms with van der Waals surface area (Å²) in [4.78, 5) is 12.1. The quantitative estimate of drug-likeness (QED) is 0.728. The van der Waals surface area contributed by atoms with Gasteiger partial charge in [0.1, 0.15) is 0 Å². The van der Waals surface area contributed by atoms with E-state index in [9.17, 15) is 4.79 Å². The van der Waals surface area contributed by atoms with Crippen LogP contribution in [0.25, 0.3) is 0 Å². The van der Waals surface area contributed by atoms with Crippen molar-refractivity contribution in [3.05, 3.63) is 0 Å². The van der Waals surface area contributed by atoms with E-state index in [1.54, 1.807) is 0 Å². The van der Waals surface area contributed by atoms with Crippen molar-refractivity contribution in [1.82, 2.24) is 10.6 Å². The molecule has 0 bridgehead atoms. The third-order valence-corrected chi connectivity index (χ3v) is 3.29. The van der Waals surface area contributed by atoms with Crippen LogP contribution in [0.2, 0.25) is 0 Å². The molecular formula is C13H26N2O. The first-order chi connectivity index (χ1) is 7.77. The summed E-state index contributed by atoms with van der Waals surface area (Å²) in [7, 11) is 0. The lowest BCUT2D eigenvalue weighted by molar-refractivity contribution is -0.126. The van der Waals surface area contributed by atoms with Gasteiger partial charge in [-0.05, 0) is 32.2 Å². The van der Waals surface area contributed by atoms with E-state index in [1.165, 1.54) is 6.42 Å². The Bertz CT molecular complexity index is 194. The normalized spacial score (nSPS) is 21.1. The highest BCUT2D eigenvalue weighted by Crippen LogP contribution is 2.14. The van der Waals surface area contributed by atoms with Gasteiger partial charge in [0.05, 0.1) is 0 Å². The van der Waals surface area contributed by atoms with Crippen LogP contribution in [0, 0.1) is 5.92 Å². The fraction of sp³-hybridized carbons (Fsp3) is 0.923. The first kappa shape index (κ1) is 13.5. The van der Waals surface area contributed by atoms with Gasteiger partial charge in [0, 0.05) is 18.5 Å². The molecule has 1 aliphatic rings. The Morgan fingerprint density at radius 1 is 1.38 bits per heavy atom. The molecule has 16 heavy (non-hydrogen) atoms. The Morgan fingerprint density at radius 3 is 2.56 bits per heavy atom. The molecule has 0 aromatic rings. The van der Waals surface area contributed by atoms with E-state index in [0.717, 1.165) is 45.2 Å². The lowest BCUT2D eigenvalue weighted by Gasteiger charge is -2.26. The maximum absolute atomic E-state index is 12.1. The van der Waals surface area contributed by atoms with Gasteiger partial charge in [0.25, 0.3) is 0 Å². The predicted octanol–water partition coefficient (Wildman–Crippen LogP) is 2.07. The first-order valence-electron chi connectivity index (χ1n) is 6.79. The van der Waals surface area contributed by atoms with Crippen LogP contribution in [0.5, 0.6) is 0 Å². The molecule has 0 aromatic carbocycles. The molecule has 0 aliphatic carbocycles. The van der Waals surface area contributed by atoms with Crippen molar-refractivity contribution in [1.29, 1.82) is 0 Å². The average Bonchev–Trinajstić information content (AvgIpc) is 2.30. The maximum Gasteiger partial charge on any atom is 0.223 e. The molecule has 1 aliphatic heterocycles. The van der Waals surface area contributed by atoms with Crippen molar-refractivity contribution in [2.24, 2.45) is 5.92 Å². The van der Waals surface area contributed by atoms with Crippen molar-refractivity contribution >= 4 is 5.91 Å². The minimum atomic E-state index is 0.233.